The molecule has 0 spiro atoms. The maximum absolute atomic E-state index is 12.4. The van der Waals surface area contributed by atoms with Gasteiger partial charge in [-0.1, -0.05) is 6.07 Å². The third kappa shape index (κ3) is 2.58. The number of aromatic nitrogens is 2. The summed E-state index contributed by atoms with van der Waals surface area (Å²) in [4.78, 5) is 23.4. The average Bonchev–Trinajstić information content (AvgIpc) is 2.85. The topological polar surface area (TPSA) is 96.2 Å². The summed E-state index contributed by atoms with van der Waals surface area (Å²) in [6, 6.07) is 6.14. The van der Waals surface area contributed by atoms with Crippen LogP contribution in [0.4, 0.5) is 5.69 Å². The fourth-order valence-corrected chi connectivity index (χ4v) is 2.62. The lowest BCUT2D eigenvalue weighted by Crippen LogP contribution is -2.26. The smallest absolute Gasteiger partial charge is 0.335 e. The van der Waals surface area contributed by atoms with Crippen LogP contribution in [0.25, 0.3) is 0 Å². The van der Waals surface area contributed by atoms with Crippen LogP contribution in [0.1, 0.15) is 32.1 Å². The lowest BCUT2D eigenvalue weighted by atomic mass is 10.1. The standard InChI is InChI=1S/C15H16N4O3/c1-19-12-5-6-16-8-11(12)13(18-19)14(20)17-10-4-2-3-9(7-10)15(21)22/h2-4,7,16H,5-6,8H2,1H3,(H,17,20)(H,21,22). The molecule has 0 aliphatic carbocycles. The Balaban J connectivity index is 1.86. The molecule has 1 aliphatic rings. The molecule has 22 heavy (non-hydrogen) atoms. The van der Waals surface area contributed by atoms with Gasteiger partial charge in [-0.05, 0) is 18.2 Å². The van der Waals surface area contributed by atoms with Crippen molar-refractivity contribution in [3.63, 3.8) is 0 Å². The van der Waals surface area contributed by atoms with Gasteiger partial charge in [-0.15, -0.1) is 0 Å². The van der Waals surface area contributed by atoms with Crippen LogP contribution >= 0.6 is 0 Å². The number of carbonyl (C=O) groups excluding carboxylic acids is 1. The Morgan fingerprint density at radius 2 is 2.23 bits per heavy atom. The van der Waals surface area contributed by atoms with Crippen molar-refractivity contribution in [2.75, 3.05) is 11.9 Å². The molecule has 1 aromatic heterocycles. The number of amides is 1. The number of benzene rings is 1. The Kier molecular flexibility index (Phi) is 3.64. The van der Waals surface area contributed by atoms with E-state index in [-0.39, 0.29) is 11.5 Å². The minimum atomic E-state index is -1.03. The number of anilines is 1. The van der Waals surface area contributed by atoms with E-state index in [0.29, 0.717) is 17.9 Å². The Morgan fingerprint density at radius 3 is 3.00 bits per heavy atom. The van der Waals surface area contributed by atoms with Crippen molar-refractivity contribution in [1.29, 1.82) is 0 Å². The largest absolute Gasteiger partial charge is 0.478 e. The van der Waals surface area contributed by atoms with Crippen LogP contribution in [0, 0.1) is 0 Å². The molecular weight excluding hydrogens is 284 g/mol. The highest BCUT2D eigenvalue weighted by Crippen LogP contribution is 2.19. The maximum atomic E-state index is 12.4. The second-order valence-electron chi connectivity index (χ2n) is 5.16. The number of carbonyl (C=O) groups is 2. The Hall–Kier alpha value is -2.67. The first kappa shape index (κ1) is 14.3. The van der Waals surface area contributed by atoms with Crippen LogP contribution in [-0.4, -0.2) is 33.3 Å². The summed E-state index contributed by atoms with van der Waals surface area (Å²) < 4.78 is 1.73. The third-order valence-corrected chi connectivity index (χ3v) is 3.70. The SMILES string of the molecule is Cn1nc(C(=O)Nc2cccc(C(=O)O)c2)c2c1CCNC2. The van der Waals surface area contributed by atoms with E-state index in [0.717, 1.165) is 24.2 Å². The molecule has 0 fully saturated rings. The van der Waals surface area contributed by atoms with E-state index >= 15 is 0 Å². The number of aromatic carboxylic acids is 1. The third-order valence-electron chi connectivity index (χ3n) is 3.70. The van der Waals surface area contributed by atoms with Crippen LogP contribution in [0.2, 0.25) is 0 Å². The van der Waals surface area contributed by atoms with E-state index in [4.69, 9.17) is 5.11 Å². The van der Waals surface area contributed by atoms with Crippen molar-refractivity contribution >= 4 is 17.6 Å². The molecule has 7 heteroatoms. The summed E-state index contributed by atoms with van der Waals surface area (Å²) in [5.74, 6) is -1.36. The molecule has 0 saturated carbocycles. The number of fused-ring (bicyclic) bond motifs is 1. The number of hydrogen-bond donors (Lipinski definition) is 3. The summed E-state index contributed by atoms with van der Waals surface area (Å²) in [6.45, 7) is 1.48. The fraction of sp³-hybridized carbons (Fsp3) is 0.267. The molecule has 1 amide bonds. The first-order chi connectivity index (χ1) is 10.6. The molecule has 2 heterocycles. The molecule has 0 radical (unpaired) electrons. The van der Waals surface area contributed by atoms with Crippen LogP contribution in [0.3, 0.4) is 0 Å². The van der Waals surface area contributed by atoms with E-state index in [2.05, 4.69) is 15.7 Å². The first-order valence-corrected chi connectivity index (χ1v) is 6.96. The molecule has 0 atom stereocenters. The molecule has 7 nitrogen and oxygen atoms in total. The predicted octanol–water partition coefficient (Wildman–Crippen LogP) is 1.02. The number of hydrogen-bond acceptors (Lipinski definition) is 4. The van der Waals surface area contributed by atoms with Gasteiger partial charge in [-0.25, -0.2) is 4.79 Å². The predicted molar refractivity (Wildman–Crippen MR) is 80.0 cm³/mol. The zero-order chi connectivity index (χ0) is 15.7. The van der Waals surface area contributed by atoms with E-state index in [1.807, 2.05) is 7.05 Å². The number of rotatable bonds is 3. The molecule has 3 N–H and O–H groups in total. The maximum Gasteiger partial charge on any atom is 0.335 e. The number of aryl methyl sites for hydroxylation is 1. The minimum absolute atomic E-state index is 0.127. The summed E-state index contributed by atoms with van der Waals surface area (Å²) >= 11 is 0. The van der Waals surface area contributed by atoms with Crippen molar-refractivity contribution in [1.82, 2.24) is 15.1 Å². The molecule has 0 saturated heterocycles. The molecule has 0 unspecified atom stereocenters. The second kappa shape index (κ2) is 5.61. The number of carboxylic acids is 1. The van der Waals surface area contributed by atoms with Gasteiger partial charge in [-0.3, -0.25) is 9.48 Å². The normalized spacial score (nSPS) is 13.5. The van der Waals surface area contributed by atoms with Gasteiger partial charge in [0.2, 0.25) is 0 Å². The first-order valence-electron chi connectivity index (χ1n) is 6.96. The highest BCUT2D eigenvalue weighted by Gasteiger charge is 2.23. The van der Waals surface area contributed by atoms with Crippen LogP contribution in [0.15, 0.2) is 24.3 Å². The van der Waals surface area contributed by atoms with Gasteiger partial charge < -0.3 is 15.7 Å². The van der Waals surface area contributed by atoms with Gasteiger partial charge in [0.25, 0.3) is 5.91 Å². The summed E-state index contributed by atoms with van der Waals surface area (Å²) in [5.41, 5.74) is 2.91. The van der Waals surface area contributed by atoms with Crippen molar-refractivity contribution in [2.45, 2.75) is 13.0 Å². The van der Waals surface area contributed by atoms with E-state index in [9.17, 15) is 9.59 Å². The number of carboxylic acid groups (broad SMARTS) is 1. The van der Waals surface area contributed by atoms with Crippen molar-refractivity contribution < 1.29 is 14.7 Å². The second-order valence-corrected chi connectivity index (χ2v) is 5.16. The monoisotopic (exact) mass is 300 g/mol. The zero-order valence-corrected chi connectivity index (χ0v) is 12.1. The molecule has 3 rings (SSSR count). The Morgan fingerprint density at radius 1 is 1.41 bits per heavy atom. The molecule has 0 bridgehead atoms. The number of nitrogens with one attached hydrogen (secondary N) is 2. The molecule has 114 valence electrons. The fourth-order valence-electron chi connectivity index (χ4n) is 2.62. The van der Waals surface area contributed by atoms with E-state index < -0.39 is 5.97 Å². The lowest BCUT2D eigenvalue weighted by molar-refractivity contribution is 0.0696. The van der Waals surface area contributed by atoms with Gasteiger partial charge in [0, 0.05) is 43.5 Å². The number of nitrogens with zero attached hydrogens (tertiary/aromatic N) is 2. The molecular formula is C15H16N4O3. The Labute approximate surface area is 126 Å². The molecule has 1 aliphatic heterocycles. The summed E-state index contributed by atoms with van der Waals surface area (Å²) in [6.07, 6.45) is 0.834. The molecule has 2 aromatic rings. The van der Waals surface area contributed by atoms with Gasteiger partial charge in [-0.2, -0.15) is 5.10 Å². The van der Waals surface area contributed by atoms with E-state index in [1.54, 1.807) is 16.8 Å². The van der Waals surface area contributed by atoms with Gasteiger partial charge in [0.05, 0.1) is 5.56 Å². The van der Waals surface area contributed by atoms with Crippen LogP contribution in [-0.2, 0) is 20.0 Å². The van der Waals surface area contributed by atoms with Crippen LogP contribution in [0.5, 0.6) is 0 Å². The quantitative estimate of drug-likeness (QED) is 0.786. The van der Waals surface area contributed by atoms with Crippen molar-refractivity contribution in [2.24, 2.45) is 7.05 Å². The van der Waals surface area contributed by atoms with E-state index in [1.165, 1.54) is 12.1 Å². The van der Waals surface area contributed by atoms with Gasteiger partial charge in [0.15, 0.2) is 5.69 Å². The summed E-state index contributed by atoms with van der Waals surface area (Å²) in [7, 11) is 1.83. The van der Waals surface area contributed by atoms with Crippen molar-refractivity contribution in [3.8, 4) is 0 Å². The zero-order valence-electron chi connectivity index (χ0n) is 12.1. The summed E-state index contributed by atoms with van der Waals surface area (Å²) in [5, 5.41) is 19.2. The van der Waals surface area contributed by atoms with Gasteiger partial charge in [0.1, 0.15) is 0 Å². The Bertz CT molecular complexity index is 751. The van der Waals surface area contributed by atoms with Gasteiger partial charge >= 0.3 is 5.97 Å². The lowest BCUT2D eigenvalue weighted by Gasteiger charge is -2.14. The highest BCUT2D eigenvalue weighted by molar-refractivity contribution is 6.04. The van der Waals surface area contributed by atoms with Crippen LogP contribution < -0.4 is 10.6 Å². The van der Waals surface area contributed by atoms with Crippen molar-refractivity contribution in [3.05, 3.63) is 46.8 Å². The minimum Gasteiger partial charge on any atom is -0.478 e. The highest BCUT2D eigenvalue weighted by atomic mass is 16.4. The average molecular weight is 300 g/mol. The molecule has 1 aromatic carbocycles.